The second kappa shape index (κ2) is 9.33. The molecule has 0 atom stereocenters. The summed E-state index contributed by atoms with van der Waals surface area (Å²) in [6.45, 7) is 0.618. The third kappa shape index (κ3) is 3.82. The number of pyridine rings is 1. The van der Waals surface area contributed by atoms with E-state index in [0.717, 1.165) is 49.1 Å². The maximum Gasteiger partial charge on any atom is 0.251 e. The Morgan fingerprint density at radius 2 is 1.39 bits per heavy atom. The molecule has 6 rings (SSSR count). The van der Waals surface area contributed by atoms with E-state index < -0.39 is 0 Å². The van der Waals surface area contributed by atoms with E-state index in [1.54, 1.807) is 13.2 Å². The average molecular weight is 472 g/mol. The molecule has 5 aromatic carbocycles. The number of fused-ring (bicyclic) bond motifs is 4. The van der Waals surface area contributed by atoms with Crippen LogP contribution < -0.4 is 10.3 Å². The van der Waals surface area contributed by atoms with Gasteiger partial charge in [0.15, 0.2) is 6.79 Å². The minimum absolute atomic E-state index is 0.0535. The summed E-state index contributed by atoms with van der Waals surface area (Å²) in [6, 6.07) is 36.5. The molecule has 0 aliphatic heterocycles. The zero-order valence-electron chi connectivity index (χ0n) is 20.0. The van der Waals surface area contributed by atoms with Crippen LogP contribution >= 0.6 is 0 Å². The van der Waals surface area contributed by atoms with Gasteiger partial charge in [-0.15, -0.1) is 0 Å². The summed E-state index contributed by atoms with van der Waals surface area (Å²) in [7, 11) is 1.61. The molecule has 0 bridgehead atoms. The largest absolute Gasteiger partial charge is 0.467 e. The first-order valence-electron chi connectivity index (χ1n) is 12.0. The van der Waals surface area contributed by atoms with Gasteiger partial charge in [-0.05, 0) is 39.2 Å². The normalized spacial score (nSPS) is 11.4. The van der Waals surface area contributed by atoms with E-state index in [1.165, 1.54) is 0 Å². The number of aromatic nitrogens is 1. The highest BCUT2D eigenvalue weighted by Gasteiger charge is 2.19. The average Bonchev–Trinajstić information content (AvgIpc) is 2.93. The molecular formula is C32H25NO3. The number of rotatable bonds is 6. The van der Waals surface area contributed by atoms with E-state index in [4.69, 9.17) is 9.47 Å². The van der Waals surface area contributed by atoms with Crippen LogP contribution in [-0.4, -0.2) is 18.5 Å². The van der Waals surface area contributed by atoms with E-state index in [-0.39, 0.29) is 12.4 Å². The van der Waals surface area contributed by atoms with Crippen molar-refractivity contribution in [2.24, 2.45) is 0 Å². The molecule has 6 aromatic rings. The zero-order chi connectivity index (χ0) is 24.5. The molecule has 0 saturated heterocycles. The quantitative estimate of drug-likeness (QED) is 0.194. The molecule has 0 N–H and O–H groups in total. The molecule has 0 fully saturated rings. The first-order valence-corrected chi connectivity index (χ1v) is 12.0. The molecule has 4 nitrogen and oxygen atoms in total. The van der Waals surface area contributed by atoms with Gasteiger partial charge in [-0.2, -0.15) is 0 Å². The molecule has 0 unspecified atom stereocenters. The van der Waals surface area contributed by atoms with E-state index in [0.29, 0.717) is 12.3 Å². The number of hydrogen-bond donors (Lipinski definition) is 0. The Morgan fingerprint density at radius 3 is 2.17 bits per heavy atom. The van der Waals surface area contributed by atoms with Crippen LogP contribution in [0.3, 0.4) is 0 Å². The lowest BCUT2D eigenvalue weighted by Gasteiger charge is -2.19. The summed E-state index contributed by atoms with van der Waals surface area (Å²) in [4.78, 5) is 13.7. The maximum atomic E-state index is 13.7. The van der Waals surface area contributed by atoms with Crippen molar-refractivity contribution in [2.75, 3.05) is 13.9 Å². The van der Waals surface area contributed by atoms with Gasteiger partial charge in [0.1, 0.15) is 5.75 Å². The first kappa shape index (κ1) is 22.1. The Morgan fingerprint density at radius 1 is 0.722 bits per heavy atom. The van der Waals surface area contributed by atoms with Crippen molar-refractivity contribution >= 4 is 32.4 Å². The van der Waals surface area contributed by atoms with Crippen molar-refractivity contribution in [1.82, 2.24) is 4.57 Å². The fraction of sp³-hybridized carbons (Fsp3) is 0.0938. The van der Waals surface area contributed by atoms with Crippen molar-refractivity contribution < 1.29 is 9.47 Å². The highest BCUT2D eigenvalue weighted by Crippen LogP contribution is 2.42. The molecule has 0 aliphatic carbocycles. The van der Waals surface area contributed by atoms with Crippen LogP contribution in [0.5, 0.6) is 5.75 Å². The summed E-state index contributed by atoms with van der Waals surface area (Å²) >= 11 is 0. The minimum Gasteiger partial charge on any atom is -0.467 e. The number of ether oxygens (including phenoxy) is 2. The molecule has 1 heterocycles. The molecule has 0 amide bonds. The van der Waals surface area contributed by atoms with Gasteiger partial charge in [-0.1, -0.05) is 91.0 Å². The van der Waals surface area contributed by atoms with Crippen LogP contribution in [0.4, 0.5) is 0 Å². The van der Waals surface area contributed by atoms with Gasteiger partial charge in [0, 0.05) is 29.7 Å². The standard InChI is InChI=1S/C32H25NO3/c1-35-21-36-29-18-16-24-12-6-8-14-26(24)32(29)27-19-30(34)33(20-22-9-3-2-4-10-22)28-17-15-23-11-5-7-13-25(23)31(27)28/h2-19H,20-21H2,1H3. The highest BCUT2D eigenvalue weighted by atomic mass is 16.7. The smallest absolute Gasteiger partial charge is 0.251 e. The Labute approximate surface area is 209 Å². The molecule has 4 heteroatoms. The summed E-state index contributed by atoms with van der Waals surface area (Å²) in [5.74, 6) is 0.685. The van der Waals surface area contributed by atoms with Gasteiger partial charge in [-0.25, -0.2) is 0 Å². The third-order valence-electron chi connectivity index (χ3n) is 6.68. The van der Waals surface area contributed by atoms with Gasteiger partial charge < -0.3 is 14.0 Å². The fourth-order valence-corrected chi connectivity index (χ4v) is 5.06. The topological polar surface area (TPSA) is 40.5 Å². The summed E-state index contributed by atoms with van der Waals surface area (Å²) in [5, 5.41) is 5.36. The van der Waals surface area contributed by atoms with Crippen molar-refractivity contribution in [3.8, 4) is 16.9 Å². The summed E-state index contributed by atoms with van der Waals surface area (Å²) < 4.78 is 13.1. The van der Waals surface area contributed by atoms with Gasteiger partial charge in [0.25, 0.3) is 5.56 Å². The van der Waals surface area contributed by atoms with Crippen molar-refractivity contribution in [1.29, 1.82) is 0 Å². The molecule has 36 heavy (non-hydrogen) atoms. The Balaban J connectivity index is 1.74. The Bertz CT molecular complexity index is 1770. The van der Waals surface area contributed by atoms with Crippen LogP contribution in [-0.2, 0) is 11.3 Å². The molecule has 0 radical (unpaired) electrons. The molecular weight excluding hydrogens is 446 g/mol. The lowest BCUT2D eigenvalue weighted by molar-refractivity contribution is 0.0516. The van der Waals surface area contributed by atoms with E-state index >= 15 is 0 Å². The van der Waals surface area contributed by atoms with E-state index in [1.807, 2.05) is 59.2 Å². The fourth-order valence-electron chi connectivity index (χ4n) is 5.06. The predicted octanol–water partition coefficient (Wildman–Crippen LogP) is 7.01. The molecule has 0 saturated carbocycles. The van der Waals surface area contributed by atoms with Crippen LogP contribution in [0.1, 0.15) is 5.56 Å². The van der Waals surface area contributed by atoms with E-state index in [2.05, 4.69) is 48.5 Å². The van der Waals surface area contributed by atoms with Gasteiger partial charge in [0.05, 0.1) is 12.1 Å². The predicted molar refractivity (Wildman–Crippen MR) is 147 cm³/mol. The number of hydrogen-bond acceptors (Lipinski definition) is 3. The SMILES string of the molecule is COCOc1ccc2ccccc2c1-c1cc(=O)n(Cc2ccccc2)c2ccc3ccccc3c12. The Hall–Kier alpha value is -4.41. The van der Waals surface area contributed by atoms with E-state index in [9.17, 15) is 4.79 Å². The van der Waals surface area contributed by atoms with Crippen LogP contribution in [0.25, 0.3) is 43.6 Å². The molecule has 0 spiro atoms. The second-order valence-electron chi connectivity index (χ2n) is 8.86. The first-order chi connectivity index (χ1) is 17.7. The van der Waals surface area contributed by atoms with Gasteiger partial charge in [-0.3, -0.25) is 4.79 Å². The molecule has 176 valence electrons. The lowest BCUT2D eigenvalue weighted by atomic mass is 9.92. The summed E-state index contributed by atoms with van der Waals surface area (Å²) in [6.07, 6.45) is 0. The van der Waals surface area contributed by atoms with Crippen LogP contribution in [0.2, 0.25) is 0 Å². The third-order valence-corrected chi connectivity index (χ3v) is 6.68. The number of nitrogens with zero attached hydrogens (tertiary/aromatic N) is 1. The summed E-state index contributed by atoms with van der Waals surface area (Å²) in [5.41, 5.74) is 3.68. The zero-order valence-corrected chi connectivity index (χ0v) is 20.0. The van der Waals surface area contributed by atoms with Crippen molar-refractivity contribution in [2.45, 2.75) is 6.54 Å². The highest BCUT2D eigenvalue weighted by molar-refractivity contribution is 6.16. The molecule has 0 aliphatic rings. The lowest BCUT2D eigenvalue weighted by Crippen LogP contribution is -2.21. The number of methoxy groups -OCH3 is 1. The maximum absolute atomic E-state index is 13.7. The van der Waals surface area contributed by atoms with Gasteiger partial charge >= 0.3 is 0 Å². The van der Waals surface area contributed by atoms with Crippen LogP contribution in [0.15, 0.2) is 114 Å². The van der Waals surface area contributed by atoms with Crippen LogP contribution in [0, 0.1) is 0 Å². The van der Waals surface area contributed by atoms with Crippen molar-refractivity contribution in [3.63, 3.8) is 0 Å². The number of benzene rings is 5. The Kier molecular flexibility index (Phi) is 5.72. The second-order valence-corrected chi connectivity index (χ2v) is 8.86. The molecule has 1 aromatic heterocycles. The van der Waals surface area contributed by atoms with Gasteiger partial charge in [0.2, 0.25) is 0 Å². The van der Waals surface area contributed by atoms with Crippen molar-refractivity contribution in [3.05, 3.63) is 125 Å². The minimum atomic E-state index is -0.0535. The monoisotopic (exact) mass is 471 g/mol.